The lowest BCUT2D eigenvalue weighted by atomic mass is 10.1. The van der Waals surface area contributed by atoms with Crippen LogP contribution < -0.4 is 10.5 Å². The third-order valence-corrected chi connectivity index (χ3v) is 2.62. The molecule has 0 spiro atoms. The van der Waals surface area contributed by atoms with Gasteiger partial charge < -0.3 is 10.5 Å². The first-order valence-corrected chi connectivity index (χ1v) is 5.76. The van der Waals surface area contributed by atoms with Crippen LogP contribution in [0.3, 0.4) is 0 Å². The van der Waals surface area contributed by atoms with Gasteiger partial charge in [0.15, 0.2) is 0 Å². The van der Waals surface area contributed by atoms with E-state index in [4.69, 9.17) is 15.9 Å². The number of ether oxygens (including phenoxy) is 1. The van der Waals surface area contributed by atoms with E-state index >= 15 is 0 Å². The van der Waals surface area contributed by atoms with Crippen molar-refractivity contribution in [1.29, 1.82) is 5.41 Å². The molecular weight excluding hydrogens is 288 g/mol. The van der Waals surface area contributed by atoms with Gasteiger partial charge in [-0.25, -0.2) is 4.39 Å². The van der Waals surface area contributed by atoms with Gasteiger partial charge in [-0.1, -0.05) is 6.07 Å². The summed E-state index contributed by atoms with van der Waals surface area (Å²) in [5.74, 6) is -1.11. The molecule has 2 rings (SSSR count). The number of nitrogens with two attached hydrogens (primary N) is 1. The smallest absolute Gasteiger partial charge is 0.417 e. The molecule has 0 atom stereocenters. The fraction of sp³-hybridized carbons (Fsp3) is 0.0714. The predicted octanol–water partition coefficient (Wildman–Crippen LogP) is 3.92. The Morgan fingerprint density at radius 3 is 2.29 bits per heavy atom. The van der Waals surface area contributed by atoms with Gasteiger partial charge in [0.25, 0.3) is 0 Å². The molecule has 0 aliphatic heterocycles. The number of amidine groups is 1. The van der Waals surface area contributed by atoms with Crippen molar-refractivity contribution < 1.29 is 22.3 Å². The lowest BCUT2D eigenvalue weighted by molar-refractivity contribution is -0.137. The van der Waals surface area contributed by atoms with Gasteiger partial charge in [0, 0.05) is 11.6 Å². The fourth-order valence-corrected chi connectivity index (χ4v) is 1.72. The van der Waals surface area contributed by atoms with Gasteiger partial charge in [-0.2, -0.15) is 13.2 Å². The maximum Gasteiger partial charge on any atom is 0.417 e. The highest BCUT2D eigenvalue weighted by molar-refractivity contribution is 5.97. The van der Waals surface area contributed by atoms with Crippen molar-refractivity contribution in [1.82, 2.24) is 0 Å². The monoisotopic (exact) mass is 298 g/mol. The second-order valence-corrected chi connectivity index (χ2v) is 4.18. The summed E-state index contributed by atoms with van der Waals surface area (Å²) in [4.78, 5) is 0. The zero-order valence-electron chi connectivity index (χ0n) is 10.5. The molecule has 3 nitrogen and oxygen atoms in total. The first kappa shape index (κ1) is 14.8. The molecule has 0 saturated heterocycles. The van der Waals surface area contributed by atoms with E-state index in [1.54, 1.807) is 0 Å². The summed E-state index contributed by atoms with van der Waals surface area (Å²) in [6, 6.07) is 8.00. The second-order valence-electron chi connectivity index (χ2n) is 4.18. The average molecular weight is 298 g/mol. The van der Waals surface area contributed by atoms with E-state index < -0.39 is 29.0 Å². The summed E-state index contributed by atoms with van der Waals surface area (Å²) < 4.78 is 56.6. The Hall–Kier alpha value is -2.57. The summed E-state index contributed by atoms with van der Waals surface area (Å²) in [5.41, 5.74) is 3.65. The van der Waals surface area contributed by atoms with Crippen LogP contribution >= 0.6 is 0 Å². The summed E-state index contributed by atoms with van der Waals surface area (Å²) in [6.07, 6.45) is -4.63. The van der Waals surface area contributed by atoms with E-state index in [0.717, 1.165) is 24.3 Å². The number of alkyl halides is 3. The summed E-state index contributed by atoms with van der Waals surface area (Å²) >= 11 is 0. The average Bonchev–Trinajstić information content (AvgIpc) is 2.37. The Morgan fingerprint density at radius 1 is 1.05 bits per heavy atom. The van der Waals surface area contributed by atoms with Crippen LogP contribution in [0.2, 0.25) is 0 Å². The predicted molar refractivity (Wildman–Crippen MR) is 68.9 cm³/mol. The Balaban J connectivity index is 2.39. The number of benzene rings is 2. The van der Waals surface area contributed by atoms with Gasteiger partial charge >= 0.3 is 6.18 Å². The normalized spacial score (nSPS) is 11.2. The summed E-state index contributed by atoms with van der Waals surface area (Å²) in [6.45, 7) is 0. The number of nitrogens with one attached hydrogen (secondary N) is 1. The van der Waals surface area contributed by atoms with Gasteiger partial charge in [0.05, 0.1) is 5.56 Å². The van der Waals surface area contributed by atoms with Gasteiger partial charge in [-0.15, -0.1) is 0 Å². The Bertz CT molecular complexity index is 683. The molecule has 0 heterocycles. The Labute approximate surface area is 117 Å². The molecule has 110 valence electrons. The lowest BCUT2D eigenvalue weighted by Gasteiger charge is -2.14. The largest absolute Gasteiger partial charge is 0.457 e. The molecule has 3 N–H and O–H groups in total. The van der Waals surface area contributed by atoms with Crippen LogP contribution in [-0.2, 0) is 6.18 Å². The molecule has 0 unspecified atom stereocenters. The Kier molecular flexibility index (Phi) is 3.84. The minimum atomic E-state index is -4.63. The van der Waals surface area contributed by atoms with E-state index in [1.807, 2.05) is 0 Å². The Morgan fingerprint density at radius 2 is 1.71 bits per heavy atom. The number of rotatable bonds is 3. The van der Waals surface area contributed by atoms with Crippen LogP contribution in [0.25, 0.3) is 0 Å². The van der Waals surface area contributed by atoms with Crippen molar-refractivity contribution in [2.24, 2.45) is 5.73 Å². The van der Waals surface area contributed by atoms with Crippen LogP contribution in [0.1, 0.15) is 11.1 Å². The molecule has 7 heteroatoms. The van der Waals surface area contributed by atoms with Crippen molar-refractivity contribution in [3.63, 3.8) is 0 Å². The summed E-state index contributed by atoms with van der Waals surface area (Å²) in [5, 5.41) is 7.23. The SMILES string of the molecule is N=C(N)c1cc(Oc2cccc(F)c2)ccc1C(F)(F)F. The second kappa shape index (κ2) is 5.43. The topological polar surface area (TPSA) is 59.1 Å². The number of hydrogen-bond acceptors (Lipinski definition) is 2. The van der Waals surface area contributed by atoms with Crippen molar-refractivity contribution in [3.8, 4) is 11.5 Å². The highest BCUT2D eigenvalue weighted by atomic mass is 19.4. The minimum absolute atomic E-state index is 0.0267. The third-order valence-electron chi connectivity index (χ3n) is 2.62. The molecule has 21 heavy (non-hydrogen) atoms. The van der Waals surface area contributed by atoms with Gasteiger partial charge in [0.1, 0.15) is 23.2 Å². The molecular formula is C14H10F4N2O. The highest BCUT2D eigenvalue weighted by Gasteiger charge is 2.34. The fourth-order valence-electron chi connectivity index (χ4n) is 1.72. The molecule has 0 amide bonds. The quantitative estimate of drug-likeness (QED) is 0.512. The standard InChI is InChI=1S/C14H10F4N2O/c15-8-2-1-3-9(6-8)21-10-4-5-12(14(16,17)18)11(7-10)13(19)20/h1-7H,(H3,19,20). The molecule has 2 aromatic carbocycles. The van der Waals surface area contributed by atoms with Gasteiger partial charge in [-0.05, 0) is 30.3 Å². The van der Waals surface area contributed by atoms with Crippen molar-refractivity contribution in [2.75, 3.05) is 0 Å². The molecule has 0 fully saturated rings. The molecule has 0 aliphatic rings. The first-order valence-electron chi connectivity index (χ1n) is 5.76. The maximum atomic E-state index is 13.0. The van der Waals surface area contributed by atoms with Crippen molar-refractivity contribution in [3.05, 3.63) is 59.4 Å². The highest BCUT2D eigenvalue weighted by Crippen LogP contribution is 2.34. The third kappa shape index (κ3) is 3.50. The van der Waals surface area contributed by atoms with Crippen LogP contribution in [0, 0.1) is 11.2 Å². The maximum absolute atomic E-state index is 13.0. The van der Waals surface area contributed by atoms with Gasteiger partial charge in [0.2, 0.25) is 0 Å². The van der Waals surface area contributed by atoms with E-state index in [2.05, 4.69) is 0 Å². The van der Waals surface area contributed by atoms with Crippen LogP contribution in [0.15, 0.2) is 42.5 Å². The van der Waals surface area contributed by atoms with E-state index in [1.165, 1.54) is 18.2 Å². The van der Waals surface area contributed by atoms with E-state index in [9.17, 15) is 17.6 Å². The lowest BCUT2D eigenvalue weighted by Crippen LogP contribution is -2.18. The minimum Gasteiger partial charge on any atom is -0.457 e. The molecule has 0 saturated carbocycles. The zero-order valence-corrected chi connectivity index (χ0v) is 10.5. The van der Waals surface area contributed by atoms with Crippen LogP contribution in [0.5, 0.6) is 11.5 Å². The zero-order chi connectivity index (χ0) is 15.6. The van der Waals surface area contributed by atoms with E-state index in [-0.39, 0.29) is 11.5 Å². The van der Waals surface area contributed by atoms with Crippen molar-refractivity contribution >= 4 is 5.84 Å². The number of hydrogen-bond donors (Lipinski definition) is 2. The number of halogens is 4. The molecule has 0 radical (unpaired) electrons. The molecule has 2 aromatic rings. The molecule has 0 aromatic heterocycles. The van der Waals surface area contributed by atoms with Crippen molar-refractivity contribution in [2.45, 2.75) is 6.18 Å². The molecule has 0 aliphatic carbocycles. The molecule has 0 bridgehead atoms. The summed E-state index contributed by atoms with van der Waals surface area (Å²) in [7, 11) is 0. The first-order chi connectivity index (χ1) is 9.77. The van der Waals surface area contributed by atoms with Crippen LogP contribution in [-0.4, -0.2) is 5.84 Å². The van der Waals surface area contributed by atoms with Crippen LogP contribution in [0.4, 0.5) is 17.6 Å². The number of nitrogen functional groups attached to an aromatic ring is 1. The van der Waals surface area contributed by atoms with Gasteiger partial charge in [-0.3, -0.25) is 5.41 Å². The van der Waals surface area contributed by atoms with E-state index in [0.29, 0.717) is 0 Å².